The summed E-state index contributed by atoms with van der Waals surface area (Å²) in [6.45, 7) is 0.655. The highest BCUT2D eigenvalue weighted by Crippen LogP contribution is 2.24. The van der Waals surface area contributed by atoms with Gasteiger partial charge in [-0.25, -0.2) is 0 Å². The van der Waals surface area contributed by atoms with Gasteiger partial charge in [-0.1, -0.05) is 0 Å². The topological polar surface area (TPSA) is 3.24 Å². The molecule has 0 bridgehead atoms. The fourth-order valence-corrected chi connectivity index (χ4v) is 0.729. The maximum absolute atomic E-state index is 11.9. The predicted molar refractivity (Wildman–Crippen MR) is 38.6 cm³/mol. The van der Waals surface area contributed by atoms with Crippen LogP contribution < -0.4 is 0 Å². The van der Waals surface area contributed by atoms with Gasteiger partial charge in [0.15, 0.2) is 0 Å². The largest absolute Gasteiger partial charge is 0.321 e. The van der Waals surface area contributed by atoms with E-state index in [-0.39, 0.29) is 6.42 Å². The lowest BCUT2D eigenvalue weighted by Gasteiger charge is -2.10. The highest BCUT2D eigenvalue weighted by molar-refractivity contribution is 6.21. The molecule has 0 N–H and O–H groups in total. The summed E-state index contributed by atoms with van der Waals surface area (Å²) >= 11 is 4.66. The molecule has 0 unspecified atom stereocenters. The van der Waals surface area contributed by atoms with Crippen LogP contribution in [0.25, 0.3) is 0 Å². The summed E-state index contributed by atoms with van der Waals surface area (Å²) < 4.78 is 23.8. The molecule has 0 aliphatic carbocycles. The summed E-state index contributed by atoms with van der Waals surface area (Å²) in [7, 11) is 3.68. The maximum atomic E-state index is 11.9. The van der Waals surface area contributed by atoms with Crippen molar-refractivity contribution >= 4 is 11.6 Å². The lowest BCUT2D eigenvalue weighted by molar-refractivity contribution is 0.0812. The molecule has 0 heterocycles. The summed E-state index contributed by atoms with van der Waals surface area (Å²) in [4.78, 5) is 1.85. The molecular weight excluding hydrogens is 160 g/mol. The normalized spacial score (nSPS) is 12.6. The summed E-state index contributed by atoms with van der Waals surface area (Å²) in [6.07, 6.45) is 0.191. The number of halogens is 3. The number of rotatable bonds is 4. The zero-order valence-corrected chi connectivity index (χ0v) is 6.96. The van der Waals surface area contributed by atoms with Gasteiger partial charge in [-0.3, -0.25) is 0 Å². The molecule has 0 aromatic carbocycles. The van der Waals surface area contributed by atoms with E-state index in [0.29, 0.717) is 13.0 Å². The molecule has 0 radical (unpaired) electrons. The lowest BCUT2D eigenvalue weighted by atomic mass is 10.3. The van der Waals surface area contributed by atoms with Crippen LogP contribution in [-0.2, 0) is 0 Å². The molecule has 0 fully saturated rings. The van der Waals surface area contributed by atoms with Crippen molar-refractivity contribution < 1.29 is 8.78 Å². The molecular formula is C6H12ClF2N. The van der Waals surface area contributed by atoms with Crippen molar-refractivity contribution in [3.05, 3.63) is 0 Å². The molecule has 0 aliphatic rings. The zero-order chi connectivity index (χ0) is 8.20. The standard InChI is InChI=1S/C6H12ClF2N/c1-10(2)5-3-4-6(7,8)9/h3-5H2,1-2H3. The van der Waals surface area contributed by atoms with Gasteiger partial charge in [0.05, 0.1) is 0 Å². The van der Waals surface area contributed by atoms with Crippen molar-refractivity contribution in [1.82, 2.24) is 4.90 Å². The van der Waals surface area contributed by atoms with Crippen molar-refractivity contribution in [1.29, 1.82) is 0 Å². The minimum Gasteiger partial charge on any atom is -0.309 e. The van der Waals surface area contributed by atoms with Gasteiger partial charge >= 0.3 is 5.38 Å². The van der Waals surface area contributed by atoms with Crippen LogP contribution >= 0.6 is 11.6 Å². The highest BCUT2D eigenvalue weighted by Gasteiger charge is 2.23. The third kappa shape index (κ3) is 8.11. The Morgan fingerprint density at radius 2 is 1.90 bits per heavy atom. The van der Waals surface area contributed by atoms with Crippen LogP contribution in [0, 0.1) is 0 Å². The van der Waals surface area contributed by atoms with E-state index >= 15 is 0 Å². The Morgan fingerprint density at radius 1 is 1.40 bits per heavy atom. The first-order valence-corrected chi connectivity index (χ1v) is 3.51. The fraction of sp³-hybridized carbons (Fsp3) is 1.00. The smallest absolute Gasteiger partial charge is 0.309 e. The quantitative estimate of drug-likeness (QED) is 0.586. The molecule has 0 spiro atoms. The maximum Gasteiger partial charge on any atom is 0.321 e. The molecule has 62 valence electrons. The van der Waals surface area contributed by atoms with Gasteiger partial charge in [-0.05, 0) is 38.7 Å². The second-order valence-corrected chi connectivity index (χ2v) is 3.07. The van der Waals surface area contributed by atoms with E-state index in [1.54, 1.807) is 0 Å². The fourth-order valence-electron chi connectivity index (χ4n) is 0.596. The molecule has 0 saturated carbocycles. The van der Waals surface area contributed by atoms with E-state index in [2.05, 4.69) is 11.6 Å². The molecule has 4 heteroatoms. The Balaban J connectivity index is 3.21. The van der Waals surface area contributed by atoms with E-state index in [1.807, 2.05) is 19.0 Å². The summed E-state index contributed by atoms with van der Waals surface area (Å²) in [5.74, 6) is 0. The first-order chi connectivity index (χ1) is 4.42. The molecule has 0 saturated heterocycles. The molecule has 0 aliphatic heterocycles. The van der Waals surface area contributed by atoms with E-state index in [4.69, 9.17) is 0 Å². The van der Waals surface area contributed by atoms with Crippen molar-refractivity contribution in [3.8, 4) is 0 Å². The SMILES string of the molecule is CN(C)CCCC(F)(F)Cl. The van der Waals surface area contributed by atoms with E-state index in [9.17, 15) is 8.78 Å². The third-order valence-electron chi connectivity index (χ3n) is 1.07. The van der Waals surface area contributed by atoms with Crippen LogP contribution in [0.15, 0.2) is 0 Å². The second kappa shape index (κ2) is 4.09. The lowest BCUT2D eigenvalue weighted by Crippen LogP contribution is -2.16. The highest BCUT2D eigenvalue weighted by atomic mass is 35.5. The van der Waals surface area contributed by atoms with Crippen molar-refractivity contribution in [2.45, 2.75) is 18.2 Å². The first-order valence-electron chi connectivity index (χ1n) is 3.13. The van der Waals surface area contributed by atoms with Gasteiger partial charge in [-0.15, -0.1) is 0 Å². The van der Waals surface area contributed by atoms with Gasteiger partial charge < -0.3 is 4.90 Å². The molecule has 0 aromatic rings. The average Bonchev–Trinajstić information content (AvgIpc) is 1.59. The van der Waals surface area contributed by atoms with Gasteiger partial charge in [0.2, 0.25) is 0 Å². The third-order valence-corrected chi connectivity index (χ3v) is 1.25. The van der Waals surface area contributed by atoms with Crippen LogP contribution in [0.1, 0.15) is 12.8 Å². The Morgan fingerprint density at radius 3 is 2.20 bits per heavy atom. The van der Waals surface area contributed by atoms with Crippen molar-refractivity contribution in [2.24, 2.45) is 0 Å². The number of hydrogen-bond acceptors (Lipinski definition) is 1. The number of nitrogens with zero attached hydrogens (tertiary/aromatic N) is 1. The van der Waals surface area contributed by atoms with Crippen molar-refractivity contribution in [3.63, 3.8) is 0 Å². The summed E-state index contributed by atoms with van der Waals surface area (Å²) in [5, 5.41) is -3.02. The van der Waals surface area contributed by atoms with Gasteiger partial charge in [0.1, 0.15) is 0 Å². The van der Waals surface area contributed by atoms with E-state index < -0.39 is 5.38 Å². The van der Waals surface area contributed by atoms with Gasteiger partial charge in [0.25, 0.3) is 0 Å². The molecule has 0 atom stereocenters. The van der Waals surface area contributed by atoms with Gasteiger partial charge in [-0.2, -0.15) is 8.78 Å². The summed E-state index contributed by atoms with van der Waals surface area (Å²) in [6, 6.07) is 0. The molecule has 0 aromatic heterocycles. The Hall–Kier alpha value is 0.110. The van der Waals surface area contributed by atoms with Crippen LogP contribution in [0.4, 0.5) is 8.78 Å². The number of alkyl halides is 3. The summed E-state index contributed by atoms with van der Waals surface area (Å²) in [5.41, 5.74) is 0. The van der Waals surface area contributed by atoms with Gasteiger partial charge in [0, 0.05) is 6.42 Å². The minimum atomic E-state index is -3.02. The predicted octanol–water partition coefficient (Wildman–Crippen LogP) is 2.16. The van der Waals surface area contributed by atoms with E-state index in [0.717, 1.165) is 0 Å². The zero-order valence-electron chi connectivity index (χ0n) is 6.20. The monoisotopic (exact) mass is 171 g/mol. The minimum absolute atomic E-state index is 0.243. The Labute approximate surface area is 65.0 Å². The molecule has 0 amide bonds. The van der Waals surface area contributed by atoms with Crippen LogP contribution in [0.2, 0.25) is 0 Å². The first kappa shape index (κ1) is 10.1. The number of hydrogen-bond donors (Lipinski definition) is 0. The van der Waals surface area contributed by atoms with Crippen LogP contribution in [0.3, 0.4) is 0 Å². The molecule has 1 nitrogen and oxygen atoms in total. The van der Waals surface area contributed by atoms with Crippen molar-refractivity contribution in [2.75, 3.05) is 20.6 Å². The Kier molecular flexibility index (Phi) is 4.13. The van der Waals surface area contributed by atoms with Crippen LogP contribution in [-0.4, -0.2) is 30.9 Å². The van der Waals surface area contributed by atoms with E-state index in [1.165, 1.54) is 0 Å². The molecule has 10 heavy (non-hydrogen) atoms. The Bertz CT molecular complexity index is 90.2. The second-order valence-electron chi connectivity index (χ2n) is 2.52. The molecule has 0 rings (SSSR count). The van der Waals surface area contributed by atoms with Crippen LogP contribution in [0.5, 0.6) is 0 Å². The average molecular weight is 172 g/mol.